The summed E-state index contributed by atoms with van der Waals surface area (Å²) in [6, 6.07) is 14.4. The second-order valence-corrected chi connectivity index (χ2v) is 7.87. The second kappa shape index (κ2) is 7.53. The molecule has 0 saturated carbocycles. The van der Waals surface area contributed by atoms with E-state index in [-0.39, 0.29) is 11.3 Å². The van der Waals surface area contributed by atoms with Crippen molar-refractivity contribution >= 4 is 17.5 Å². The average Bonchev–Trinajstić information content (AvgIpc) is 3.11. The minimum atomic E-state index is -0.427. The van der Waals surface area contributed by atoms with E-state index < -0.39 is 6.04 Å². The molecule has 1 aromatic heterocycles. The van der Waals surface area contributed by atoms with Gasteiger partial charge in [-0.1, -0.05) is 61.8 Å². The summed E-state index contributed by atoms with van der Waals surface area (Å²) in [6.07, 6.45) is 0. The van der Waals surface area contributed by atoms with Crippen molar-refractivity contribution < 1.29 is 9.32 Å². The van der Waals surface area contributed by atoms with Gasteiger partial charge < -0.3 is 9.84 Å². The predicted molar refractivity (Wildman–Crippen MR) is 106 cm³/mol. The van der Waals surface area contributed by atoms with E-state index in [0.29, 0.717) is 27.9 Å². The van der Waals surface area contributed by atoms with Gasteiger partial charge in [-0.05, 0) is 42.2 Å². The molecule has 0 saturated heterocycles. The van der Waals surface area contributed by atoms with Gasteiger partial charge in [-0.25, -0.2) is 0 Å². The van der Waals surface area contributed by atoms with Crippen molar-refractivity contribution in [1.29, 1.82) is 0 Å². The van der Waals surface area contributed by atoms with E-state index in [1.165, 1.54) is 5.56 Å². The van der Waals surface area contributed by atoms with Crippen LogP contribution in [-0.2, 0) is 5.41 Å². The molecule has 1 amide bonds. The smallest absolute Gasteiger partial charge is 0.251 e. The molecule has 2 aromatic carbocycles. The number of halogens is 1. The van der Waals surface area contributed by atoms with E-state index in [1.54, 1.807) is 13.0 Å². The largest absolute Gasteiger partial charge is 0.341 e. The van der Waals surface area contributed by atoms with Crippen molar-refractivity contribution in [3.05, 3.63) is 70.6 Å². The molecule has 1 atom stereocenters. The Labute approximate surface area is 163 Å². The molecule has 140 valence electrons. The van der Waals surface area contributed by atoms with Gasteiger partial charge in [-0.3, -0.25) is 4.79 Å². The standard InChI is InChI=1S/C21H22ClN3O2/c1-13(20-24-18(25-27-20)16-7-5-6-8-17(16)22)23-19(26)14-9-11-15(12-10-14)21(2,3)4/h5-13H,1-4H3,(H,23,26)/t13-/m0/s1. The molecule has 0 aliphatic heterocycles. The third kappa shape index (κ3) is 4.37. The molecule has 0 unspecified atom stereocenters. The molecule has 0 radical (unpaired) electrons. The van der Waals surface area contributed by atoms with Gasteiger partial charge in [0, 0.05) is 11.1 Å². The van der Waals surface area contributed by atoms with Crippen molar-refractivity contribution in [3.63, 3.8) is 0 Å². The van der Waals surface area contributed by atoms with Gasteiger partial charge >= 0.3 is 0 Å². The molecule has 0 spiro atoms. The van der Waals surface area contributed by atoms with Gasteiger partial charge in [-0.2, -0.15) is 4.98 Å². The zero-order chi connectivity index (χ0) is 19.6. The van der Waals surface area contributed by atoms with Crippen LogP contribution in [0.3, 0.4) is 0 Å². The molecule has 5 nitrogen and oxygen atoms in total. The highest BCUT2D eigenvalue weighted by Crippen LogP contribution is 2.26. The topological polar surface area (TPSA) is 68.0 Å². The lowest BCUT2D eigenvalue weighted by molar-refractivity contribution is 0.0932. The number of nitrogens with zero attached hydrogens (tertiary/aromatic N) is 2. The Kier molecular flexibility index (Phi) is 5.33. The molecule has 0 fully saturated rings. The average molecular weight is 384 g/mol. The van der Waals surface area contributed by atoms with E-state index in [1.807, 2.05) is 42.5 Å². The lowest BCUT2D eigenvalue weighted by Crippen LogP contribution is -2.27. The molecular weight excluding hydrogens is 362 g/mol. The number of carbonyl (C=O) groups is 1. The Bertz CT molecular complexity index is 943. The maximum atomic E-state index is 12.5. The summed E-state index contributed by atoms with van der Waals surface area (Å²) < 4.78 is 5.30. The quantitative estimate of drug-likeness (QED) is 0.674. The molecule has 1 heterocycles. The van der Waals surface area contributed by atoms with Crippen LogP contribution >= 0.6 is 11.6 Å². The number of hydrogen-bond donors (Lipinski definition) is 1. The summed E-state index contributed by atoms with van der Waals surface area (Å²) in [5, 5.41) is 7.39. The third-order valence-corrected chi connectivity index (χ3v) is 4.62. The summed E-state index contributed by atoms with van der Waals surface area (Å²) in [7, 11) is 0. The zero-order valence-electron chi connectivity index (χ0n) is 15.8. The maximum Gasteiger partial charge on any atom is 0.251 e. The lowest BCUT2D eigenvalue weighted by atomic mass is 9.86. The number of nitrogens with one attached hydrogen (secondary N) is 1. The second-order valence-electron chi connectivity index (χ2n) is 7.46. The summed E-state index contributed by atoms with van der Waals surface area (Å²) >= 11 is 6.17. The molecule has 27 heavy (non-hydrogen) atoms. The fourth-order valence-electron chi connectivity index (χ4n) is 2.63. The molecule has 0 aliphatic rings. The van der Waals surface area contributed by atoms with E-state index in [2.05, 4.69) is 36.2 Å². The predicted octanol–water partition coefficient (Wildman–Crippen LogP) is 5.18. The summed E-state index contributed by atoms with van der Waals surface area (Å²) in [5.74, 6) is 0.524. The van der Waals surface area contributed by atoms with Gasteiger partial charge in [-0.15, -0.1) is 0 Å². The third-order valence-electron chi connectivity index (χ3n) is 4.29. The Hall–Kier alpha value is -2.66. The van der Waals surface area contributed by atoms with Crippen LogP contribution in [-0.4, -0.2) is 16.0 Å². The van der Waals surface area contributed by atoms with Crippen LogP contribution in [0, 0.1) is 0 Å². The van der Waals surface area contributed by atoms with E-state index >= 15 is 0 Å². The number of aromatic nitrogens is 2. The number of carbonyl (C=O) groups excluding carboxylic acids is 1. The number of hydrogen-bond acceptors (Lipinski definition) is 4. The maximum absolute atomic E-state index is 12.5. The first-order valence-corrected chi connectivity index (χ1v) is 9.13. The fraction of sp³-hybridized carbons (Fsp3) is 0.286. The SMILES string of the molecule is C[C@H](NC(=O)c1ccc(C(C)(C)C)cc1)c1nc(-c2ccccc2Cl)no1. The molecule has 1 N–H and O–H groups in total. The van der Waals surface area contributed by atoms with Gasteiger partial charge in [0.15, 0.2) is 0 Å². The number of benzene rings is 2. The van der Waals surface area contributed by atoms with Crippen LogP contribution in [0.4, 0.5) is 0 Å². The Balaban J connectivity index is 1.71. The number of amides is 1. The van der Waals surface area contributed by atoms with Crippen molar-refractivity contribution in [2.75, 3.05) is 0 Å². The Morgan fingerprint density at radius 1 is 1.11 bits per heavy atom. The fourth-order valence-corrected chi connectivity index (χ4v) is 2.85. The minimum Gasteiger partial charge on any atom is -0.341 e. The summed E-state index contributed by atoms with van der Waals surface area (Å²) in [4.78, 5) is 16.9. The van der Waals surface area contributed by atoms with Gasteiger partial charge in [0.05, 0.1) is 5.02 Å². The Morgan fingerprint density at radius 2 is 1.78 bits per heavy atom. The zero-order valence-corrected chi connectivity index (χ0v) is 16.5. The Morgan fingerprint density at radius 3 is 2.41 bits per heavy atom. The lowest BCUT2D eigenvalue weighted by Gasteiger charge is -2.19. The van der Waals surface area contributed by atoms with Crippen LogP contribution in [0.15, 0.2) is 53.1 Å². The monoisotopic (exact) mass is 383 g/mol. The first kappa shape index (κ1) is 19.1. The highest BCUT2D eigenvalue weighted by atomic mass is 35.5. The molecule has 3 aromatic rings. The summed E-state index contributed by atoms with van der Waals surface area (Å²) in [6.45, 7) is 8.20. The minimum absolute atomic E-state index is 0.0428. The van der Waals surface area contributed by atoms with Crippen molar-refractivity contribution in [1.82, 2.24) is 15.5 Å². The molecule has 0 aliphatic carbocycles. The first-order valence-electron chi connectivity index (χ1n) is 8.75. The van der Waals surface area contributed by atoms with Crippen molar-refractivity contribution in [3.8, 4) is 11.4 Å². The van der Waals surface area contributed by atoms with Crippen molar-refractivity contribution in [2.45, 2.75) is 39.2 Å². The van der Waals surface area contributed by atoms with Crippen LogP contribution < -0.4 is 5.32 Å². The highest BCUT2D eigenvalue weighted by Gasteiger charge is 2.20. The van der Waals surface area contributed by atoms with Crippen LogP contribution in [0.1, 0.15) is 55.5 Å². The molecular formula is C21H22ClN3O2. The normalized spacial score (nSPS) is 12.6. The first-order chi connectivity index (χ1) is 12.8. The van der Waals surface area contributed by atoms with E-state index in [0.717, 1.165) is 0 Å². The van der Waals surface area contributed by atoms with E-state index in [9.17, 15) is 4.79 Å². The van der Waals surface area contributed by atoms with Crippen LogP contribution in [0.2, 0.25) is 5.02 Å². The van der Waals surface area contributed by atoms with E-state index in [4.69, 9.17) is 16.1 Å². The van der Waals surface area contributed by atoms with Gasteiger partial charge in [0.25, 0.3) is 5.91 Å². The van der Waals surface area contributed by atoms with Crippen LogP contribution in [0.25, 0.3) is 11.4 Å². The molecule has 6 heteroatoms. The molecule has 0 bridgehead atoms. The van der Waals surface area contributed by atoms with Gasteiger partial charge in [0.1, 0.15) is 6.04 Å². The number of rotatable bonds is 4. The van der Waals surface area contributed by atoms with Crippen molar-refractivity contribution in [2.24, 2.45) is 0 Å². The molecule has 3 rings (SSSR count). The highest BCUT2D eigenvalue weighted by molar-refractivity contribution is 6.33. The van der Waals surface area contributed by atoms with Crippen LogP contribution in [0.5, 0.6) is 0 Å². The summed E-state index contributed by atoms with van der Waals surface area (Å²) in [5.41, 5.74) is 2.49. The van der Waals surface area contributed by atoms with Gasteiger partial charge in [0.2, 0.25) is 11.7 Å².